The summed E-state index contributed by atoms with van der Waals surface area (Å²) in [4.78, 5) is 8.86. The van der Waals surface area contributed by atoms with Gasteiger partial charge in [0, 0.05) is 6.07 Å². The zero-order valence-corrected chi connectivity index (χ0v) is 23.0. The maximum atomic E-state index is 12.1. The SMILES string of the molecule is Cc1ccc(S(=O)(=O)Oc2ccc(S(=O)(=O)[O-])cc2[N+](=O)[O-])cc1.c1ccc([I+]c2ccccc2)cc1. The molecule has 4 aromatic carbocycles. The Hall–Kier alpha value is -3.33. The first-order valence-corrected chi connectivity index (χ1v) is 15.4. The predicted molar refractivity (Wildman–Crippen MR) is 130 cm³/mol. The van der Waals surface area contributed by atoms with Crippen LogP contribution < -0.4 is 25.4 Å². The Labute approximate surface area is 225 Å². The number of hydrogen-bond donors (Lipinski definition) is 0. The molecule has 4 aromatic rings. The van der Waals surface area contributed by atoms with E-state index in [1.165, 1.54) is 31.4 Å². The molecule has 0 unspecified atom stereocenters. The zero-order chi connectivity index (χ0) is 27.1. The lowest BCUT2D eigenvalue weighted by Crippen LogP contribution is -3.61. The lowest BCUT2D eigenvalue weighted by Gasteiger charge is -2.10. The highest BCUT2D eigenvalue weighted by molar-refractivity contribution is 7.87. The lowest BCUT2D eigenvalue weighted by atomic mass is 10.2. The van der Waals surface area contributed by atoms with Crippen molar-refractivity contribution < 1.29 is 51.7 Å². The number of nitro benzene ring substituents is 1. The van der Waals surface area contributed by atoms with Crippen LogP contribution in [0.15, 0.2) is 113 Å². The third-order valence-electron chi connectivity index (χ3n) is 4.61. The molecule has 0 bridgehead atoms. The molecule has 0 N–H and O–H groups in total. The van der Waals surface area contributed by atoms with Crippen LogP contribution in [0.1, 0.15) is 5.56 Å². The van der Waals surface area contributed by atoms with Crippen LogP contribution in [0.25, 0.3) is 0 Å². The van der Waals surface area contributed by atoms with Crippen LogP contribution in [0.2, 0.25) is 0 Å². The molecular formula is C25H20INO8S2. The van der Waals surface area contributed by atoms with E-state index in [2.05, 4.69) is 60.7 Å². The Morgan fingerprint density at radius 1 is 0.730 bits per heavy atom. The van der Waals surface area contributed by atoms with Crippen LogP contribution in [0.4, 0.5) is 5.69 Å². The minimum absolute atomic E-state index is 0.0287. The molecule has 0 aliphatic rings. The first-order chi connectivity index (χ1) is 17.5. The van der Waals surface area contributed by atoms with Crippen molar-refractivity contribution in [2.75, 3.05) is 0 Å². The van der Waals surface area contributed by atoms with Gasteiger partial charge in [0.05, 0.1) is 9.82 Å². The zero-order valence-electron chi connectivity index (χ0n) is 19.2. The first-order valence-electron chi connectivity index (χ1n) is 10.5. The van der Waals surface area contributed by atoms with E-state index >= 15 is 0 Å². The summed E-state index contributed by atoms with van der Waals surface area (Å²) in [5.74, 6) is -0.701. The van der Waals surface area contributed by atoms with Crippen molar-refractivity contribution in [2.45, 2.75) is 16.7 Å². The highest BCUT2D eigenvalue weighted by atomic mass is 127. The molecule has 0 fully saturated rings. The molecule has 192 valence electrons. The number of hydrogen-bond acceptors (Lipinski definition) is 8. The van der Waals surface area contributed by atoms with Gasteiger partial charge in [0.2, 0.25) is 5.75 Å². The minimum Gasteiger partial charge on any atom is -0.744 e. The minimum atomic E-state index is -4.94. The van der Waals surface area contributed by atoms with Crippen molar-refractivity contribution in [2.24, 2.45) is 0 Å². The van der Waals surface area contributed by atoms with Gasteiger partial charge in [0.25, 0.3) is 0 Å². The fraction of sp³-hybridized carbons (Fsp3) is 0.0400. The van der Waals surface area contributed by atoms with E-state index in [1.807, 2.05) is 0 Å². The van der Waals surface area contributed by atoms with Crippen molar-refractivity contribution in [3.63, 3.8) is 0 Å². The van der Waals surface area contributed by atoms with Gasteiger partial charge in [-0.05, 0) is 55.5 Å². The smallest absolute Gasteiger partial charge is 0.357 e. The molecule has 9 nitrogen and oxygen atoms in total. The average Bonchev–Trinajstić information content (AvgIpc) is 2.85. The van der Waals surface area contributed by atoms with Crippen molar-refractivity contribution >= 4 is 25.9 Å². The van der Waals surface area contributed by atoms with Crippen molar-refractivity contribution in [1.82, 2.24) is 0 Å². The maximum absolute atomic E-state index is 12.1. The molecule has 0 saturated carbocycles. The van der Waals surface area contributed by atoms with Crippen molar-refractivity contribution in [3.05, 3.63) is 126 Å². The molecular weight excluding hydrogens is 633 g/mol. The number of nitro groups is 1. The molecule has 0 spiro atoms. The van der Waals surface area contributed by atoms with Gasteiger partial charge in [-0.2, -0.15) is 8.42 Å². The summed E-state index contributed by atoms with van der Waals surface area (Å²) in [6.07, 6.45) is 0. The Balaban J connectivity index is 0.000000244. The van der Waals surface area contributed by atoms with E-state index in [4.69, 9.17) is 4.18 Å². The summed E-state index contributed by atoms with van der Waals surface area (Å²) in [6.45, 7) is 1.74. The second kappa shape index (κ2) is 12.3. The van der Waals surface area contributed by atoms with Gasteiger partial charge in [-0.15, -0.1) is 0 Å². The van der Waals surface area contributed by atoms with Crippen LogP contribution in [-0.2, 0) is 20.2 Å². The van der Waals surface area contributed by atoms with Gasteiger partial charge in [-0.1, -0.05) is 54.1 Å². The number of benzene rings is 4. The summed E-state index contributed by atoms with van der Waals surface area (Å²) in [5.41, 5.74) is -0.160. The van der Waals surface area contributed by atoms with Crippen LogP contribution in [-0.4, -0.2) is 26.3 Å². The molecule has 0 atom stereocenters. The number of rotatable bonds is 7. The van der Waals surface area contributed by atoms with Crippen LogP contribution in [0.5, 0.6) is 5.75 Å². The second-order valence-corrected chi connectivity index (χ2v) is 13.3. The first kappa shape index (κ1) is 28.2. The molecule has 0 aliphatic carbocycles. The standard InChI is InChI=1S/C13H11NO8S2.C12H10I/c1-9-2-4-10(5-3-9)24(20,21)22-13-7-6-11(23(17,18)19)8-12(13)14(15)16;1-3-7-11(8-4-1)13-12-9-5-2-6-10-12/h2-8H,1H3,(H,17,18,19);1-10H/q;+1/p-1. The fourth-order valence-electron chi connectivity index (χ4n) is 2.82. The highest BCUT2D eigenvalue weighted by Gasteiger charge is 2.24. The molecule has 12 heteroatoms. The Bertz CT molecular complexity index is 1540. The lowest BCUT2D eigenvalue weighted by molar-refractivity contribution is -0.597. The van der Waals surface area contributed by atoms with Crippen LogP contribution in [0.3, 0.4) is 0 Å². The van der Waals surface area contributed by atoms with Gasteiger partial charge < -0.3 is 8.74 Å². The van der Waals surface area contributed by atoms with Crippen molar-refractivity contribution in [3.8, 4) is 5.75 Å². The van der Waals surface area contributed by atoms with Crippen LogP contribution in [0, 0.1) is 24.2 Å². The molecule has 37 heavy (non-hydrogen) atoms. The Kier molecular flexibility index (Phi) is 9.37. The summed E-state index contributed by atoms with van der Waals surface area (Å²) >= 11 is 0.0287. The predicted octanol–water partition coefficient (Wildman–Crippen LogP) is 1.39. The quantitative estimate of drug-likeness (QED) is 0.0958. The molecule has 0 amide bonds. The molecule has 0 heterocycles. The van der Waals surface area contributed by atoms with Gasteiger partial charge in [0.15, 0.2) is 7.14 Å². The van der Waals surface area contributed by atoms with Crippen molar-refractivity contribution in [1.29, 1.82) is 0 Å². The third-order valence-corrected chi connectivity index (χ3v) is 9.37. The Morgan fingerprint density at radius 3 is 1.68 bits per heavy atom. The van der Waals surface area contributed by atoms with Gasteiger partial charge in [0.1, 0.15) is 15.0 Å². The van der Waals surface area contributed by atoms with E-state index in [1.54, 1.807) is 6.92 Å². The maximum Gasteiger partial charge on any atom is 0.357 e. The van der Waals surface area contributed by atoms with Gasteiger partial charge in [-0.25, -0.2) is 8.42 Å². The molecule has 0 aromatic heterocycles. The third kappa shape index (κ3) is 8.35. The molecule has 4 rings (SSSR count). The van der Waals surface area contributed by atoms with E-state index in [9.17, 15) is 31.5 Å². The fourth-order valence-corrected chi connectivity index (χ4v) is 6.52. The summed E-state index contributed by atoms with van der Waals surface area (Å²) < 4.78 is 64.7. The van der Waals surface area contributed by atoms with Crippen LogP contribution >= 0.6 is 0 Å². The molecule has 0 aliphatic heterocycles. The largest absolute Gasteiger partial charge is 0.744 e. The van der Waals surface area contributed by atoms with Gasteiger partial charge in [-0.3, -0.25) is 10.1 Å². The average molecular weight is 653 g/mol. The number of nitrogens with zero attached hydrogens (tertiary/aromatic N) is 1. The molecule has 0 saturated heterocycles. The summed E-state index contributed by atoms with van der Waals surface area (Å²) in [5, 5.41) is 11.0. The van der Waals surface area contributed by atoms with E-state index < -0.39 is 41.5 Å². The Morgan fingerprint density at radius 2 is 1.22 bits per heavy atom. The molecule has 0 radical (unpaired) electrons. The highest BCUT2D eigenvalue weighted by Crippen LogP contribution is 2.32. The van der Waals surface area contributed by atoms with E-state index in [0.717, 1.165) is 17.7 Å². The van der Waals surface area contributed by atoms with E-state index in [0.29, 0.717) is 6.07 Å². The number of aryl methyl sites for hydroxylation is 1. The number of halogens is 1. The summed E-state index contributed by atoms with van der Waals surface area (Å²) in [6, 6.07) is 28.9. The topological polar surface area (TPSA) is 144 Å². The second-order valence-electron chi connectivity index (χ2n) is 7.38. The van der Waals surface area contributed by atoms with E-state index in [-0.39, 0.29) is 26.1 Å². The summed E-state index contributed by atoms with van der Waals surface area (Å²) in [7, 11) is -9.30. The monoisotopic (exact) mass is 653 g/mol. The van der Waals surface area contributed by atoms with Gasteiger partial charge >= 0.3 is 37.0 Å². The normalized spacial score (nSPS) is 11.2.